The monoisotopic (exact) mass is 290 g/mol. The van der Waals surface area contributed by atoms with Gasteiger partial charge in [0.25, 0.3) is 0 Å². The number of hydrogen-bond donors (Lipinski definition) is 2. The maximum Gasteiger partial charge on any atom is 0.191 e. The molecule has 4 heteroatoms. The molecule has 0 unspecified atom stereocenters. The van der Waals surface area contributed by atoms with Crippen molar-refractivity contribution in [2.24, 2.45) is 4.99 Å². The van der Waals surface area contributed by atoms with Crippen LogP contribution in [0.15, 0.2) is 29.3 Å². The van der Waals surface area contributed by atoms with Gasteiger partial charge in [-0.15, -0.1) is 0 Å². The summed E-state index contributed by atoms with van der Waals surface area (Å²) < 4.78 is 0. The van der Waals surface area contributed by atoms with E-state index in [-0.39, 0.29) is 0 Å². The van der Waals surface area contributed by atoms with Crippen molar-refractivity contribution in [3.8, 4) is 0 Å². The lowest BCUT2D eigenvalue weighted by molar-refractivity contribution is 0.265. The molecule has 21 heavy (non-hydrogen) atoms. The number of nitrogens with zero attached hydrogens (tertiary/aromatic N) is 2. The first-order chi connectivity index (χ1) is 9.93. The molecule has 0 bridgehead atoms. The van der Waals surface area contributed by atoms with Crippen molar-refractivity contribution in [3.05, 3.63) is 35.4 Å². The zero-order valence-corrected chi connectivity index (χ0v) is 14.3. The van der Waals surface area contributed by atoms with Crippen molar-refractivity contribution >= 4 is 5.96 Å². The molecular weight excluding hydrogens is 260 g/mol. The number of guanidine groups is 1. The third-order valence-corrected chi connectivity index (χ3v) is 3.51. The normalized spacial score (nSPS) is 12.3. The molecule has 0 saturated heterocycles. The smallest absolute Gasteiger partial charge is 0.191 e. The van der Waals surface area contributed by atoms with Gasteiger partial charge < -0.3 is 10.6 Å². The molecule has 0 aliphatic carbocycles. The van der Waals surface area contributed by atoms with E-state index in [1.165, 1.54) is 11.1 Å². The van der Waals surface area contributed by atoms with Crippen molar-refractivity contribution in [1.29, 1.82) is 0 Å². The highest BCUT2D eigenvalue weighted by molar-refractivity contribution is 5.79. The summed E-state index contributed by atoms with van der Waals surface area (Å²) in [6.45, 7) is 10.4. The van der Waals surface area contributed by atoms with Crippen LogP contribution in [-0.4, -0.2) is 37.0 Å². The average Bonchev–Trinajstić information content (AvgIpc) is 2.44. The lowest BCUT2D eigenvalue weighted by Crippen LogP contribution is -2.40. The van der Waals surface area contributed by atoms with E-state index in [2.05, 4.69) is 79.5 Å². The fraction of sp³-hybridized carbons (Fsp3) is 0.588. The second-order valence-electron chi connectivity index (χ2n) is 6.00. The average molecular weight is 290 g/mol. The molecule has 0 aliphatic heterocycles. The van der Waals surface area contributed by atoms with Crippen LogP contribution in [-0.2, 0) is 13.1 Å². The zero-order valence-electron chi connectivity index (χ0n) is 14.3. The molecule has 118 valence electrons. The molecule has 1 rings (SSSR count). The first-order valence-electron chi connectivity index (χ1n) is 7.68. The van der Waals surface area contributed by atoms with E-state index < -0.39 is 0 Å². The minimum atomic E-state index is 0.374. The summed E-state index contributed by atoms with van der Waals surface area (Å²) in [5.41, 5.74) is 2.68. The quantitative estimate of drug-likeness (QED) is 0.625. The molecule has 0 spiro atoms. The van der Waals surface area contributed by atoms with Gasteiger partial charge in [-0.3, -0.25) is 9.89 Å². The molecule has 0 atom stereocenters. The minimum absolute atomic E-state index is 0.374. The maximum atomic E-state index is 4.25. The minimum Gasteiger partial charge on any atom is -0.354 e. The van der Waals surface area contributed by atoms with Crippen LogP contribution in [0.2, 0.25) is 0 Å². The first kappa shape index (κ1) is 17.5. The summed E-state index contributed by atoms with van der Waals surface area (Å²) in [5.74, 6) is 0.844. The van der Waals surface area contributed by atoms with E-state index in [1.54, 1.807) is 7.05 Å². The molecule has 2 N–H and O–H groups in total. The van der Waals surface area contributed by atoms with Crippen molar-refractivity contribution in [2.75, 3.05) is 14.1 Å². The summed E-state index contributed by atoms with van der Waals surface area (Å²) in [6.07, 6.45) is 0. The van der Waals surface area contributed by atoms with Gasteiger partial charge in [-0.25, -0.2) is 0 Å². The lowest BCUT2D eigenvalue weighted by atomic mass is 10.1. The predicted molar refractivity (Wildman–Crippen MR) is 91.5 cm³/mol. The maximum absolute atomic E-state index is 4.25. The van der Waals surface area contributed by atoms with Crippen LogP contribution in [0, 0.1) is 0 Å². The molecule has 0 heterocycles. The zero-order chi connectivity index (χ0) is 15.8. The van der Waals surface area contributed by atoms with Gasteiger partial charge in [0.15, 0.2) is 5.96 Å². The third-order valence-electron chi connectivity index (χ3n) is 3.51. The Labute approximate surface area is 129 Å². The number of hydrogen-bond acceptors (Lipinski definition) is 2. The highest BCUT2D eigenvalue weighted by Crippen LogP contribution is 2.12. The van der Waals surface area contributed by atoms with Crippen LogP contribution in [0.3, 0.4) is 0 Å². The Morgan fingerprint density at radius 2 is 1.76 bits per heavy atom. The highest BCUT2D eigenvalue weighted by atomic mass is 15.2. The molecule has 1 aromatic rings. The fourth-order valence-corrected chi connectivity index (χ4v) is 1.98. The predicted octanol–water partition coefficient (Wildman–Crippen LogP) is 2.60. The van der Waals surface area contributed by atoms with E-state index in [0.717, 1.165) is 19.0 Å². The van der Waals surface area contributed by atoms with Crippen molar-refractivity contribution in [1.82, 2.24) is 15.5 Å². The molecule has 0 amide bonds. The number of benzene rings is 1. The van der Waals surface area contributed by atoms with Gasteiger partial charge in [-0.2, -0.15) is 0 Å². The number of aliphatic imine (C=N–C) groups is 1. The van der Waals surface area contributed by atoms with Gasteiger partial charge in [-0.05, 0) is 45.9 Å². The summed E-state index contributed by atoms with van der Waals surface area (Å²) in [7, 11) is 3.96. The largest absolute Gasteiger partial charge is 0.354 e. The van der Waals surface area contributed by atoms with Gasteiger partial charge in [0, 0.05) is 32.2 Å². The van der Waals surface area contributed by atoms with Gasteiger partial charge in [0.05, 0.1) is 0 Å². The van der Waals surface area contributed by atoms with Crippen molar-refractivity contribution < 1.29 is 0 Å². The summed E-state index contributed by atoms with van der Waals surface area (Å²) in [5, 5.41) is 6.69. The second-order valence-corrected chi connectivity index (χ2v) is 6.00. The Kier molecular flexibility index (Phi) is 7.23. The number of nitrogens with one attached hydrogen (secondary N) is 2. The van der Waals surface area contributed by atoms with E-state index in [0.29, 0.717) is 12.1 Å². The second kappa shape index (κ2) is 8.67. The first-order valence-corrected chi connectivity index (χ1v) is 7.68. The molecule has 0 radical (unpaired) electrons. The molecule has 1 aromatic carbocycles. The number of rotatable bonds is 6. The topological polar surface area (TPSA) is 39.7 Å². The molecule has 0 aromatic heterocycles. The molecule has 4 nitrogen and oxygen atoms in total. The van der Waals surface area contributed by atoms with Crippen molar-refractivity contribution in [2.45, 2.75) is 52.9 Å². The third kappa shape index (κ3) is 6.17. The van der Waals surface area contributed by atoms with Crippen LogP contribution in [0.25, 0.3) is 0 Å². The Balaban J connectivity index is 2.71. The van der Waals surface area contributed by atoms with Gasteiger partial charge in [-0.1, -0.05) is 24.3 Å². The van der Waals surface area contributed by atoms with E-state index in [1.807, 2.05) is 0 Å². The lowest BCUT2D eigenvalue weighted by Gasteiger charge is -2.23. The van der Waals surface area contributed by atoms with Crippen LogP contribution >= 0.6 is 0 Å². The Morgan fingerprint density at radius 1 is 1.14 bits per heavy atom. The Bertz CT molecular complexity index is 452. The van der Waals surface area contributed by atoms with Crippen LogP contribution in [0.1, 0.15) is 38.8 Å². The summed E-state index contributed by atoms with van der Waals surface area (Å²) in [4.78, 5) is 6.59. The van der Waals surface area contributed by atoms with E-state index in [4.69, 9.17) is 0 Å². The Hall–Kier alpha value is -1.55. The summed E-state index contributed by atoms with van der Waals surface area (Å²) >= 11 is 0. The van der Waals surface area contributed by atoms with Gasteiger partial charge >= 0.3 is 0 Å². The molecule has 0 aliphatic rings. The van der Waals surface area contributed by atoms with Crippen LogP contribution in [0.4, 0.5) is 0 Å². The molecular formula is C17H30N4. The van der Waals surface area contributed by atoms with Crippen LogP contribution in [0.5, 0.6) is 0 Å². The summed E-state index contributed by atoms with van der Waals surface area (Å²) in [6, 6.07) is 9.50. The SMILES string of the molecule is CN=C(NCc1ccccc1CN(C)C(C)C)NC(C)C. The van der Waals surface area contributed by atoms with Gasteiger partial charge in [0.2, 0.25) is 0 Å². The standard InChI is InChI=1S/C17H30N4/c1-13(2)20-17(18-5)19-11-15-9-7-8-10-16(15)12-21(6)14(3)4/h7-10,13-14H,11-12H2,1-6H3,(H2,18,19,20). The molecule has 0 fully saturated rings. The highest BCUT2D eigenvalue weighted by Gasteiger charge is 2.08. The van der Waals surface area contributed by atoms with Gasteiger partial charge in [0.1, 0.15) is 0 Å². The van der Waals surface area contributed by atoms with E-state index in [9.17, 15) is 0 Å². The Morgan fingerprint density at radius 3 is 2.29 bits per heavy atom. The molecule has 0 saturated carbocycles. The van der Waals surface area contributed by atoms with E-state index >= 15 is 0 Å². The van der Waals surface area contributed by atoms with Crippen molar-refractivity contribution in [3.63, 3.8) is 0 Å². The van der Waals surface area contributed by atoms with Crippen LogP contribution < -0.4 is 10.6 Å². The fourth-order valence-electron chi connectivity index (χ4n) is 1.98.